The van der Waals surface area contributed by atoms with Crippen molar-refractivity contribution in [1.29, 1.82) is 0 Å². The summed E-state index contributed by atoms with van der Waals surface area (Å²) in [5, 5.41) is 2.68. The minimum atomic E-state index is -0.314. The number of rotatable bonds is 3. The van der Waals surface area contributed by atoms with E-state index in [2.05, 4.69) is 5.32 Å². The van der Waals surface area contributed by atoms with Gasteiger partial charge in [0, 0.05) is 12.6 Å². The molecule has 5 nitrogen and oxygen atoms in total. The van der Waals surface area contributed by atoms with E-state index < -0.39 is 0 Å². The topological polar surface area (TPSA) is 58.6 Å². The van der Waals surface area contributed by atoms with Gasteiger partial charge >= 0.3 is 0 Å². The summed E-state index contributed by atoms with van der Waals surface area (Å²) in [5.41, 5.74) is 1.76. The smallest absolute Gasteiger partial charge is 0.262 e. The van der Waals surface area contributed by atoms with E-state index in [4.69, 9.17) is 4.74 Å². The number of halogens is 1. The number of anilines is 1. The molecule has 0 unspecified atom stereocenters. The number of nitrogens with one attached hydrogen (secondary N) is 1. The molecule has 0 aromatic heterocycles. The highest BCUT2D eigenvalue weighted by molar-refractivity contribution is 5.99. The molecule has 6 heteroatoms. The Morgan fingerprint density at radius 3 is 2.67 bits per heavy atom. The Bertz CT molecular complexity index is 789. The van der Waals surface area contributed by atoms with E-state index in [1.54, 1.807) is 42.3 Å². The van der Waals surface area contributed by atoms with Crippen LogP contribution in [-0.4, -0.2) is 30.4 Å². The van der Waals surface area contributed by atoms with Gasteiger partial charge in [-0.2, -0.15) is 0 Å². The van der Waals surface area contributed by atoms with Gasteiger partial charge in [-0.25, -0.2) is 4.39 Å². The summed E-state index contributed by atoms with van der Waals surface area (Å²) in [4.78, 5) is 25.7. The van der Waals surface area contributed by atoms with Crippen LogP contribution >= 0.6 is 0 Å². The normalized spacial score (nSPS) is 14.2. The molecule has 0 fully saturated rings. The molecular weight excluding hydrogens is 311 g/mol. The fourth-order valence-corrected chi connectivity index (χ4v) is 2.56. The monoisotopic (exact) mass is 328 g/mol. The van der Waals surface area contributed by atoms with Gasteiger partial charge in [0.2, 0.25) is 0 Å². The first-order chi connectivity index (χ1) is 11.5. The van der Waals surface area contributed by atoms with Crippen molar-refractivity contribution in [2.45, 2.75) is 13.0 Å². The largest absolute Gasteiger partial charge is 0.482 e. The van der Waals surface area contributed by atoms with Crippen LogP contribution < -0.4 is 10.1 Å². The van der Waals surface area contributed by atoms with E-state index in [0.717, 1.165) is 5.56 Å². The predicted molar refractivity (Wildman–Crippen MR) is 87.5 cm³/mol. The average Bonchev–Trinajstić information content (AvgIpc) is 2.59. The minimum absolute atomic E-state index is 0.0260. The summed E-state index contributed by atoms with van der Waals surface area (Å²) in [7, 11) is 1.69. The van der Waals surface area contributed by atoms with Gasteiger partial charge in [-0.15, -0.1) is 0 Å². The number of hydrogen-bond acceptors (Lipinski definition) is 3. The van der Waals surface area contributed by atoms with Crippen molar-refractivity contribution >= 4 is 17.5 Å². The molecule has 0 spiro atoms. The third-order valence-electron chi connectivity index (χ3n) is 4.11. The highest BCUT2D eigenvalue weighted by Gasteiger charge is 2.22. The van der Waals surface area contributed by atoms with Crippen molar-refractivity contribution in [2.24, 2.45) is 0 Å². The Hall–Kier alpha value is -2.89. The molecule has 2 aromatic carbocycles. The van der Waals surface area contributed by atoms with E-state index in [0.29, 0.717) is 17.0 Å². The molecule has 0 bridgehead atoms. The summed E-state index contributed by atoms with van der Waals surface area (Å²) in [6, 6.07) is 10.8. The molecule has 1 aliphatic rings. The number of ether oxygens (including phenoxy) is 1. The second kappa shape index (κ2) is 6.31. The van der Waals surface area contributed by atoms with Crippen molar-refractivity contribution in [3.8, 4) is 5.75 Å². The Morgan fingerprint density at radius 1 is 1.25 bits per heavy atom. The minimum Gasteiger partial charge on any atom is -0.482 e. The lowest BCUT2D eigenvalue weighted by molar-refractivity contribution is -0.118. The van der Waals surface area contributed by atoms with E-state index in [9.17, 15) is 14.0 Å². The molecular formula is C18H17FN2O3. The van der Waals surface area contributed by atoms with Gasteiger partial charge in [0.15, 0.2) is 6.61 Å². The number of amides is 2. The molecule has 2 aromatic rings. The molecule has 1 aliphatic heterocycles. The number of benzene rings is 2. The number of carbonyl (C=O) groups excluding carboxylic acids is 2. The van der Waals surface area contributed by atoms with Gasteiger partial charge in [0.25, 0.3) is 11.8 Å². The van der Waals surface area contributed by atoms with Gasteiger partial charge in [0.05, 0.1) is 11.7 Å². The summed E-state index contributed by atoms with van der Waals surface area (Å²) in [6.07, 6.45) is 0. The van der Waals surface area contributed by atoms with E-state index in [-0.39, 0.29) is 30.3 Å². The van der Waals surface area contributed by atoms with Crippen LogP contribution in [0, 0.1) is 5.82 Å². The molecule has 1 N–H and O–H groups in total. The Morgan fingerprint density at radius 2 is 1.96 bits per heavy atom. The van der Waals surface area contributed by atoms with Gasteiger partial charge in [-0.05, 0) is 42.8 Å². The van der Waals surface area contributed by atoms with Crippen molar-refractivity contribution in [3.63, 3.8) is 0 Å². The molecule has 124 valence electrons. The first kappa shape index (κ1) is 16.0. The Labute approximate surface area is 139 Å². The maximum Gasteiger partial charge on any atom is 0.262 e. The van der Waals surface area contributed by atoms with Gasteiger partial charge in [-0.3, -0.25) is 9.59 Å². The fourth-order valence-electron chi connectivity index (χ4n) is 2.56. The van der Waals surface area contributed by atoms with Crippen LogP contribution in [0.4, 0.5) is 10.1 Å². The third kappa shape index (κ3) is 3.08. The van der Waals surface area contributed by atoms with Crippen LogP contribution in [0.1, 0.15) is 28.9 Å². The van der Waals surface area contributed by atoms with Gasteiger partial charge in [0.1, 0.15) is 11.6 Å². The van der Waals surface area contributed by atoms with Gasteiger partial charge < -0.3 is 15.0 Å². The highest BCUT2D eigenvalue weighted by atomic mass is 19.1. The molecule has 0 saturated carbocycles. The van der Waals surface area contributed by atoms with Crippen molar-refractivity contribution in [3.05, 3.63) is 59.4 Å². The van der Waals surface area contributed by atoms with Crippen molar-refractivity contribution < 1.29 is 18.7 Å². The lowest BCUT2D eigenvalue weighted by Gasteiger charge is -2.26. The Balaban J connectivity index is 1.81. The molecule has 0 aliphatic carbocycles. The first-order valence-electron chi connectivity index (χ1n) is 7.55. The molecule has 2 amide bonds. The van der Waals surface area contributed by atoms with Crippen LogP contribution in [0.2, 0.25) is 0 Å². The first-order valence-corrected chi connectivity index (χ1v) is 7.55. The third-order valence-corrected chi connectivity index (χ3v) is 4.11. The lowest BCUT2D eigenvalue weighted by Crippen LogP contribution is -2.30. The summed E-state index contributed by atoms with van der Waals surface area (Å²) < 4.78 is 18.3. The number of fused-ring (bicyclic) bond motifs is 1. The second-order valence-corrected chi connectivity index (χ2v) is 5.69. The zero-order valence-corrected chi connectivity index (χ0v) is 13.4. The zero-order valence-electron chi connectivity index (χ0n) is 13.4. The van der Waals surface area contributed by atoms with Crippen LogP contribution in [0.25, 0.3) is 0 Å². The van der Waals surface area contributed by atoms with Crippen LogP contribution in [0.5, 0.6) is 5.75 Å². The SMILES string of the molecule is C[C@@H](c1ccc(F)cc1)N(C)C(=O)c1ccc2c(c1)NC(=O)CO2. The molecule has 0 radical (unpaired) electrons. The molecule has 3 rings (SSSR count). The summed E-state index contributed by atoms with van der Waals surface area (Å²) in [5.74, 6) is -0.222. The molecule has 1 atom stereocenters. The highest BCUT2D eigenvalue weighted by Crippen LogP contribution is 2.30. The maximum atomic E-state index is 13.0. The predicted octanol–water partition coefficient (Wildman–Crippen LogP) is 2.99. The molecule has 0 saturated heterocycles. The second-order valence-electron chi connectivity index (χ2n) is 5.69. The quantitative estimate of drug-likeness (QED) is 0.942. The number of hydrogen-bond donors (Lipinski definition) is 1. The van der Waals surface area contributed by atoms with Crippen LogP contribution in [0.3, 0.4) is 0 Å². The van der Waals surface area contributed by atoms with Crippen molar-refractivity contribution in [2.75, 3.05) is 19.0 Å². The summed E-state index contributed by atoms with van der Waals surface area (Å²) in [6.45, 7) is 1.84. The fraction of sp³-hybridized carbons (Fsp3) is 0.222. The van der Waals surface area contributed by atoms with Crippen LogP contribution in [-0.2, 0) is 4.79 Å². The molecule has 24 heavy (non-hydrogen) atoms. The molecule has 1 heterocycles. The number of nitrogens with zero attached hydrogens (tertiary/aromatic N) is 1. The lowest BCUT2D eigenvalue weighted by atomic mass is 10.1. The van der Waals surface area contributed by atoms with E-state index in [1.807, 2.05) is 6.92 Å². The van der Waals surface area contributed by atoms with E-state index >= 15 is 0 Å². The van der Waals surface area contributed by atoms with Crippen LogP contribution in [0.15, 0.2) is 42.5 Å². The van der Waals surface area contributed by atoms with Crippen molar-refractivity contribution in [1.82, 2.24) is 4.90 Å². The average molecular weight is 328 g/mol. The Kier molecular flexibility index (Phi) is 4.20. The van der Waals surface area contributed by atoms with Gasteiger partial charge in [-0.1, -0.05) is 12.1 Å². The van der Waals surface area contributed by atoms with E-state index in [1.165, 1.54) is 12.1 Å². The number of carbonyl (C=O) groups is 2. The summed E-state index contributed by atoms with van der Waals surface area (Å²) >= 11 is 0. The zero-order chi connectivity index (χ0) is 17.3. The standard InChI is InChI=1S/C18H17FN2O3/c1-11(12-3-6-14(19)7-4-12)21(2)18(23)13-5-8-16-15(9-13)20-17(22)10-24-16/h3-9,11H,10H2,1-2H3,(H,20,22)/t11-/m0/s1. The maximum absolute atomic E-state index is 13.0.